The molecule has 6 heteroatoms. The summed E-state index contributed by atoms with van der Waals surface area (Å²) in [5.74, 6) is 0.691. The number of hydrogen-bond acceptors (Lipinski definition) is 4. The van der Waals surface area contributed by atoms with E-state index in [1.54, 1.807) is 24.3 Å². The first-order valence-electron chi connectivity index (χ1n) is 6.59. The first kappa shape index (κ1) is 16.6. The van der Waals surface area contributed by atoms with E-state index in [1.165, 1.54) is 11.3 Å². The number of thiophene rings is 1. The van der Waals surface area contributed by atoms with Crippen molar-refractivity contribution in [1.29, 1.82) is 0 Å². The molecule has 0 spiro atoms. The molecule has 0 saturated carbocycles. The van der Waals surface area contributed by atoms with E-state index in [0.29, 0.717) is 17.3 Å². The predicted octanol–water partition coefficient (Wildman–Crippen LogP) is 4.15. The molecule has 0 aliphatic rings. The molecule has 0 bridgehead atoms. The van der Waals surface area contributed by atoms with Crippen LogP contribution >= 0.6 is 34.5 Å². The van der Waals surface area contributed by atoms with E-state index in [4.69, 9.17) is 27.9 Å². The Kier molecular flexibility index (Phi) is 6.33. The summed E-state index contributed by atoms with van der Waals surface area (Å²) in [6, 6.07) is 11.1. The summed E-state index contributed by atoms with van der Waals surface area (Å²) in [6.45, 7) is 2.71. The molecule has 0 fully saturated rings. The molecule has 0 saturated heterocycles. The van der Waals surface area contributed by atoms with Gasteiger partial charge in [0.15, 0.2) is 0 Å². The van der Waals surface area contributed by atoms with Crippen molar-refractivity contribution in [1.82, 2.24) is 5.32 Å². The summed E-state index contributed by atoms with van der Waals surface area (Å²) in [7, 11) is 0. The predicted molar refractivity (Wildman–Crippen MR) is 88.7 cm³/mol. The molecule has 0 aliphatic carbocycles. The van der Waals surface area contributed by atoms with Crippen LogP contribution in [0.3, 0.4) is 0 Å². The minimum Gasteiger partial charge on any atom is -0.491 e. The van der Waals surface area contributed by atoms with Gasteiger partial charge >= 0.3 is 0 Å². The Bertz CT molecular complexity index is 559. The third-order valence-electron chi connectivity index (χ3n) is 2.94. The molecule has 114 valence electrons. The Balaban J connectivity index is 1.72. The van der Waals surface area contributed by atoms with Crippen LogP contribution in [0.4, 0.5) is 0 Å². The number of aliphatic hydroxyl groups is 1. The van der Waals surface area contributed by atoms with Crippen molar-refractivity contribution in [3.8, 4) is 5.75 Å². The number of rotatable bonds is 7. The Morgan fingerprint density at radius 2 is 1.90 bits per heavy atom. The molecule has 0 radical (unpaired) electrons. The van der Waals surface area contributed by atoms with Crippen LogP contribution < -0.4 is 10.1 Å². The summed E-state index contributed by atoms with van der Waals surface area (Å²) in [5, 5.41) is 13.8. The van der Waals surface area contributed by atoms with Gasteiger partial charge in [-0.15, -0.1) is 11.3 Å². The number of benzene rings is 1. The van der Waals surface area contributed by atoms with Crippen molar-refractivity contribution in [3.05, 3.63) is 50.6 Å². The third kappa shape index (κ3) is 5.49. The van der Waals surface area contributed by atoms with E-state index in [-0.39, 0.29) is 12.6 Å². The lowest BCUT2D eigenvalue weighted by molar-refractivity contribution is 0.104. The monoisotopic (exact) mass is 345 g/mol. The number of nitrogens with one attached hydrogen (secondary N) is 1. The van der Waals surface area contributed by atoms with Crippen molar-refractivity contribution < 1.29 is 9.84 Å². The van der Waals surface area contributed by atoms with E-state index < -0.39 is 6.10 Å². The number of ether oxygens (including phenoxy) is 1. The van der Waals surface area contributed by atoms with Crippen LogP contribution in [-0.2, 0) is 0 Å². The SMILES string of the molecule is CC(NCC(O)COc1ccc(Cl)cc1)c1ccc(Cl)s1. The highest BCUT2D eigenvalue weighted by atomic mass is 35.5. The van der Waals surface area contributed by atoms with Gasteiger partial charge in [0.05, 0.1) is 4.34 Å². The second-order valence-electron chi connectivity index (χ2n) is 4.69. The van der Waals surface area contributed by atoms with Crippen molar-refractivity contribution in [2.24, 2.45) is 0 Å². The maximum Gasteiger partial charge on any atom is 0.119 e. The lowest BCUT2D eigenvalue weighted by Gasteiger charge is -2.16. The molecule has 21 heavy (non-hydrogen) atoms. The van der Waals surface area contributed by atoms with Gasteiger partial charge < -0.3 is 15.2 Å². The van der Waals surface area contributed by atoms with Gasteiger partial charge in [0.1, 0.15) is 18.5 Å². The van der Waals surface area contributed by atoms with Crippen LogP contribution in [0.5, 0.6) is 5.75 Å². The second-order valence-corrected chi connectivity index (χ2v) is 6.87. The zero-order valence-corrected chi connectivity index (χ0v) is 13.9. The van der Waals surface area contributed by atoms with E-state index in [9.17, 15) is 5.11 Å². The summed E-state index contributed by atoms with van der Waals surface area (Å²) in [5.41, 5.74) is 0. The normalized spacial score (nSPS) is 13.9. The number of aliphatic hydroxyl groups excluding tert-OH is 1. The van der Waals surface area contributed by atoms with Gasteiger partial charge in [-0.05, 0) is 43.3 Å². The highest BCUT2D eigenvalue weighted by molar-refractivity contribution is 7.16. The summed E-state index contributed by atoms with van der Waals surface area (Å²) in [6.07, 6.45) is -0.585. The van der Waals surface area contributed by atoms with E-state index in [0.717, 1.165) is 9.21 Å². The van der Waals surface area contributed by atoms with E-state index in [2.05, 4.69) is 5.32 Å². The molecular weight excluding hydrogens is 329 g/mol. The minimum absolute atomic E-state index is 0.146. The van der Waals surface area contributed by atoms with Gasteiger partial charge in [0, 0.05) is 22.5 Å². The second kappa shape index (κ2) is 8.01. The van der Waals surface area contributed by atoms with Gasteiger partial charge in [-0.3, -0.25) is 0 Å². The fourth-order valence-corrected chi connectivity index (χ4v) is 2.97. The van der Waals surface area contributed by atoms with Crippen molar-refractivity contribution in [3.63, 3.8) is 0 Å². The summed E-state index contributed by atoms with van der Waals surface area (Å²) >= 11 is 13.2. The first-order chi connectivity index (χ1) is 10.0. The minimum atomic E-state index is -0.585. The average molecular weight is 346 g/mol. The molecule has 2 N–H and O–H groups in total. The molecule has 0 aliphatic heterocycles. The van der Waals surface area contributed by atoms with Crippen molar-refractivity contribution in [2.75, 3.05) is 13.2 Å². The third-order valence-corrected chi connectivity index (χ3v) is 4.60. The molecule has 1 aromatic carbocycles. The Morgan fingerprint density at radius 1 is 1.19 bits per heavy atom. The quantitative estimate of drug-likeness (QED) is 0.792. The fourth-order valence-electron chi connectivity index (χ4n) is 1.76. The Labute approximate surface area is 138 Å². The van der Waals surface area contributed by atoms with Gasteiger partial charge in [0.25, 0.3) is 0 Å². The zero-order chi connectivity index (χ0) is 15.2. The Hall–Kier alpha value is -0.780. The number of halogens is 2. The Morgan fingerprint density at radius 3 is 2.52 bits per heavy atom. The molecule has 1 aromatic heterocycles. The van der Waals surface area contributed by atoms with Crippen LogP contribution in [0.25, 0.3) is 0 Å². The van der Waals surface area contributed by atoms with Crippen molar-refractivity contribution >= 4 is 34.5 Å². The topological polar surface area (TPSA) is 41.5 Å². The van der Waals surface area contributed by atoms with Crippen molar-refractivity contribution in [2.45, 2.75) is 19.1 Å². The summed E-state index contributed by atoms with van der Waals surface area (Å²) < 4.78 is 6.27. The molecule has 2 unspecified atom stereocenters. The number of hydrogen-bond donors (Lipinski definition) is 2. The smallest absolute Gasteiger partial charge is 0.119 e. The molecule has 2 rings (SSSR count). The van der Waals surface area contributed by atoms with Crippen LogP contribution in [0.1, 0.15) is 17.8 Å². The molecular formula is C15H17Cl2NO2S. The lowest BCUT2D eigenvalue weighted by atomic mass is 10.2. The average Bonchev–Trinajstić information content (AvgIpc) is 2.91. The molecule has 2 atom stereocenters. The van der Waals surface area contributed by atoms with Crippen LogP contribution in [0.2, 0.25) is 9.36 Å². The molecule has 2 aromatic rings. The molecule has 1 heterocycles. The van der Waals surface area contributed by atoms with Gasteiger partial charge in [-0.2, -0.15) is 0 Å². The van der Waals surface area contributed by atoms with E-state index >= 15 is 0 Å². The molecule has 0 amide bonds. The highest BCUT2D eigenvalue weighted by Gasteiger charge is 2.11. The largest absolute Gasteiger partial charge is 0.491 e. The zero-order valence-electron chi connectivity index (χ0n) is 11.6. The van der Waals surface area contributed by atoms with Gasteiger partial charge in [0.2, 0.25) is 0 Å². The van der Waals surface area contributed by atoms with E-state index in [1.807, 2.05) is 19.1 Å². The van der Waals surface area contributed by atoms with Crippen LogP contribution in [0.15, 0.2) is 36.4 Å². The lowest BCUT2D eigenvalue weighted by Crippen LogP contribution is -2.32. The maximum atomic E-state index is 9.93. The standard InChI is InChI=1S/C15H17Cl2NO2S/c1-10(14-6-7-15(17)21-14)18-8-12(19)9-20-13-4-2-11(16)3-5-13/h2-7,10,12,18-19H,8-9H2,1H3. The highest BCUT2D eigenvalue weighted by Crippen LogP contribution is 2.26. The first-order valence-corrected chi connectivity index (χ1v) is 8.17. The summed E-state index contributed by atoms with van der Waals surface area (Å²) in [4.78, 5) is 1.14. The fraction of sp³-hybridized carbons (Fsp3) is 0.333. The van der Waals surface area contributed by atoms with Gasteiger partial charge in [-0.1, -0.05) is 23.2 Å². The van der Waals surface area contributed by atoms with Gasteiger partial charge in [-0.25, -0.2) is 0 Å². The molecule has 3 nitrogen and oxygen atoms in total. The van der Waals surface area contributed by atoms with Crippen LogP contribution in [0, 0.1) is 0 Å². The maximum absolute atomic E-state index is 9.93. The van der Waals surface area contributed by atoms with Crippen LogP contribution in [-0.4, -0.2) is 24.4 Å².